The van der Waals surface area contributed by atoms with Gasteiger partial charge in [-0.3, -0.25) is 9.97 Å². The minimum atomic E-state index is 0.503. The fourth-order valence-electron chi connectivity index (χ4n) is 3.55. The first kappa shape index (κ1) is 16.7. The number of para-hydroxylation sites is 2. The average Bonchev–Trinajstić information content (AvgIpc) is 2.71. The van der Waals surface area contributed by atoms with E-state index in [2.05, 4.69) is 72.3 Å². The summed E-state index contributed by atoms with van der Waals surface area (Å²) in [6.45, 7) is 4.61. The van der Waals surface area contributed by atoms with Crippen molar-refractivity contribution in [3.8, 4) is 0 Å². The van der Waals surface area contributed by atoms with Crippen molar-refractivity contribution in [2.75, 3.05) is 0 Å². The Morgan fingerprint density at radius 1 is 0.654 bits per heavy atom. The largest absolute Gasteiger partial charge is 0.256 e. The number of nitrogens with zero attached hydrogens (tertiary/aromatic N) is 2. The summed E-state index contributed by atoms with van der Waals surface area (Å²) in [6, 6.07) is 21.2. The third kappa shape index (κ3) is 3.45. The molecule has 2 aromatic carbocycles. The highest BCUT2D eigenvalue weighted by Crippen LogP contribution is 2.29. The lowest BCUT2D eigenvalue weighted by molar-refractivity contribution is 0.572. The van der Waals surface area contributed by atoms with Crippen molar-refractivity contribution < 1.29 is 0 Å². The molecule has 26 heavy (non-hydrogen) atoms. The standard InChI is InChI=1S/C24H24N2/c1-17(21-13-19-7-3-5-9-23(19)25-15-21)11-12-18(2)22-14-20-8-4-6-10-24(20)26-16-22/h3-10,13-18H,11-12H2,1-2H3/t17-,18-/m0/s1. The first-order valence-electron chi connectivity index (χ1n) is 9.40. The lowest BCUT2D eigenvalue weighted by Crippen LogP contribution is -2.00. The van der Waals surface area contributed by atoms with Crippen LogP contribution >= 0.6 is 0 Å². The molecule has 0 fully saturated rings. The Kier molecular flexibility index (Phi) is 4.66. The highest BCUT2D eigenvalue weighted by Gasteiger charge is 2.12. The van der Waals surface area contributed by atoms with Gasteiger partial charge in [0.2, 0.25) is 0 Å². The quantitative estimate of drug-likeness (QED) is 0.416. The van der Waals surface area contributed by atoms with Crippen molar-refractivity contribution in [2.24, 2.45) is 0 Å². The van der Waals surface area contributed by atoms with Crippen molar-refractivity contribution in [1.29, 1.82) is 0 Å². The Bertz CT molecular complexity index is 953. The number of fused-ring (bicyclic) bond motifs is 2. The highest BCUT2D eigenvalue weighted by atomic mass is 14.7. The summed E-state index contributed by atoms with van der Waals surface area (Å²) >= 11 is 0. The van der Waals surface area contributed by atoms with Crippen molar-refractivity contribution in [2.45, 2.75) is 38.5 Å². The van der Waals surface area contributed by atoms with E-state index in [1.54, 1.807) is 0 Å². The van der Waals surface area contributed by atoms with Crippen LogP contribution in [0.25, 0.3) is 21.8 Å². The number of rotatable bonds is 5. The molecule has 0 saturated heterocycles. The first-order valence-corrected chi connectivity index (χ1v) is 9.40. The maximum absolute atomic E-state index is 4.61. The molecule has 0 amide bonds. The maximum atomic E-state index is 4.61. The van der Waals surface area contributed by atoms with Crippen LogP contribution in [0.1, 0.15) is 49.7 Å². The van der Waals surface area contributed by atoms with Gasteiger partial charge < -0.3 is 0 Å². The summed E-state index contributed by atoms with van der Waals surface area (Å²) in [6.07, 6.45) is 6.37. The molecule has 0 N–H and O–H groups in total. The van der Waals surface area contributed by atoms with E-state index in [9.17, 15) is 0 Å². The second-order valence-corrected chi connectivity index (χ2v) is 7.30. The predicted octanol–water partition coefficient (Wildman–Crippen LogP) is 6.47. The molecular weight excluding hydrogens is 316 g/mol. The highest BCUT2D eigenvalue weighted by molar-refractivity contribution is 5.79. The molecule has 2 aromatic heterocycles. The van der Waals surface area contributed by atoms with Crippen molar-refractivity contribution in [3.63, 3.8) is 0 Å². The third-order valence-electron chi connectivity index (χ3n) is 5.39. The minimum Gasteiger partial charge on any atom is -0.256 e. The van der Waals surface area contributed by atoms with Crippen LogP contribution in [0.2, 0.25) is 0 Å². The average molecular weight is 340 g/mol. The summed E-state index contributed by atoms with van der Waals surface area (Å²) in [4.78, 5) is 9.22. The number of hydrogen-bond acceptors (Lipinski definition) is 2. The minimum absolute atomic E-state index is 0.503. The topological polar surface area (TPSA) is 25.8 Å². The van der Waals surface area contributed by atoms with Crippen LogP contribution in [0.4, 0.5) is 0 Å². The van der Waals surface area contributed by atoms with Gasteiger partial charge in [0.1, 0.15) is 0 Å². The molecule has 0 aliphatic heterocycles. The molecule has 4 rings (SSSR count). The molecular formula is C24H24N2. The van der Waals surface area contributed by atoms with E-state index in [-0.39, 0.29) is 0 Å². The van der Waals surface area contributed by atoms with Crippen LogP contribution in [-0.2, 0) is 0 Å². The van der Waals surface area contributed by atoms with Crippen LogP contribution < -0.4 is 0 Å². The van der Waals surface area contributed by atoms with Gasteiger partial charge >= 0.3 is 0 Å². The summed E-state index contributed by atoms with van der Waals surface area (Å²) in [5.41, 5.74) is 4.79. The molecule has 0 aliphatic carbocycles. The lowest BCUT2D eigenvalue weighted by Gasteiger charge is -2.17. The second-order valence-electron chi connectivity index (χ2n) is 7.30. The van der Waals surface area contributed by atoms with E-state index in [4.69, 9.17) is 0 Å². The van der Waals surface area contributed by atoms with E-state index in [0.717, 1.165) is 23.9 Å². The summed E-state index contributed by atoms with van der Waals surface area (Å²) in [7, 11) is 0. The van der Waals surface area contributed by atoms with E-state index in [1.165, 1.54) is 21.9 Å². The van der Waals surface area contributed by atoms with Crippen molar-refractivity contribution in [1.82, 2.24) is 9.97 Å². The molecule has 0 bridgehead atoms. The van der Waals surface area contributed by atoms with Gasteiger partial charge in [-0.25, -0.2) is 0 Å². The van der Waals surface area contributed by atoms with Gasteiger partial charge in [-0.05, 0) is 60.1 Å². The van der Waals surface area contributed by atoms with Crippen LogP contribution in [0.3, 0.4) is 0 Å². The van der Waals surface area contributed by atoms with E-state index < -0.39 is 0 Å². The zero-order valence-electron chi connectivity index (χ0n) is 15.4. The van der Waals surface area contributed by atoms with E-state index >= 15 is 0 Å². The monoisotopic (exact) mass is 340 g/mol. The zero-order valence-corrected chi connectivity index (χ0v) is 15.4. The van der Waals surface area contributed by atoms with Gasteiger partial charge in [-0.15, -0.1) is 0 Å². The SMILES string of the molecule is C[C@@H](CC[C@H](C)c1cnc2ccccc2c1)c1cnc2ccccc2c1. The van der Waals surface area contributed by atoms with E-state index in [0.29, 0.717) is 11.8 Å². The van der Waals surface area contributed by atoms with Crippen molar-refractivity contribution >= 4 is 21.8 Å². The molecule has 0 saturated carbocycles. The maximum Gasteiger partial charge on any atom is 0.0702 e. The zero-order chi connectivity index (χ0) is 17.9. The normalized spacial score (nSPS) is 13.8. The molecule has 0 radical (unpaired) electrons. The van der Waals surface area contributed by atoms with Crippen LogP contribution in [-0.4, -0.2) is 9.97 Å². The molecule has 2 heterocycles. The van der Waals surface area contributed by atoms with Crippen molar-refractivity contribution in [3.05, 3.63) is 84.2 Å². The summed E-state index contributed by atoms with van der Waals surface area (Å²) in [5.74, 6) is 1.01. The Morgan fingerprint density at radius 2 is 1.08 bits per heavy atom. The molecule has 2 nitrogen and oxygen atoms in total. The van der Waals surface area contributed by atoms with Gasteiger partial charge in [0.05, 0.1) is 11.0 Å². The number of pyridine rings is 2. The molecule has 130 valence electrons. The lowest BCUT2D eigenvalue weighted by atomic mass is 9.89. The van der Waals surface area contributed by atoms with Crippen LogP contribution in [0.5, 0.6) is 0 Å². The number of benzene rings is 2. The van der Waals surface area contributed by atoms with Gasteiger partial charge in [0.15, 0.2) is 0 Å². The molecule has 0 spiro atoms. The first-order chi connectivity index (χ1) is 12.7. The molecule has 0 aliphatic rings. The Hall–Kier alpha value is -2.74. The van der Waals surface area contributed by atoms with Gasteiger partial charge in [-0.1, -0.05) is 50.2 Å². The Morgan fingerprint density at radius 3 is 1.54 bits per heavy atom. The second kappa shape index (κ2) is 7.25. The fraction of sp³-hybridized carbons (Fsp3) is 0.250. The molecule has 2 atom stereocenters. The van der Waals surface area contributed by atoms with Crippen LogP contribution in [0, 0.1) is 0 Å². The molecule has 0 unspecified atom stereocenters. The Balaban J connectivity index is 1.46. The van der Waals surface area contributed by atoms with Gasteiger partial charge in [0, 0.05) is 23.2 Å². The number of aromatic nitrogens is 2. The summed E-state index contributed by atoms with van der Waals surface area (Å²) < 4.78 is 0. The van der Waals surface area contributed by atoms with Gasteiger partial charge in [-0.2, -0.15) is 0 Å². The van der Waals surface area contributed by atoms with E-state index in [1.807, 2.05) is 24.5 Å². The predicted molar refractivity (Wildman–Crippen MR) is 110 cm³/mol. The Labute approximate surface area is 154 Å². The van der Waals surface area contributed by atoms with Crippen LogP contribution in [0.15, 0.2) is 73.1 Å². The smallest absolute Gasteiger partial charge is 0.0702 e. The molecule has 2 heteroatoms. The third-order valence-corrected chi connectivity index (χ3v) is 5.39. The van der Waals surface area contributed by atoms with Gasteiger partial charge in [0.25, 0.3) is 0 Å². The summed E-state index contributed by atoms with van der Waals surface area (Å²) in [5, 5.41) is 2.45. The fourth-order valence-corrected chi connectivity index (χ4v) is 3.55. The molecule has 4 aromatic rings. The number of hydrogen-bond donors (Lipinski definition) is 0.